The zero-order valence-corrected chi connectivity index (χ0v) is 13.7. The highest BCUT2D eigenvalue weighted by atomic mass is 32.2. The van der Waals surface area contributed by atoms with Crippen LogP contribution in [0.2, 0.25) is 0 Å². The van der Waals surface area contributed by atoms with E-state index < -0.39 is 12.0 Å². The number of nitrogens with zero attached hydrogens (tertiary/aromatic N) is 2. The predicted octanol–water partition coefficient (Wildman–Crippen LogP) is 2.86. The van der Waals surface area contributed by atoms with E-state index in [0.29, 0.717) is 12.3 Å². The van der Waals surface area contributed by atoms with Gasteiger partial charge in [0.05, 0.1) is 5.37 Å². The number of rotatable bonds is 6. The van der Waals surface area contributed by atoms with Gasteiger partial charge in [0.2, 0.25) is 0 Å². The second-order valence-corrected chi connectivity index (χ2v) is 6.62. The van der Waals surface area contributed by atoms with Crippen molar-refractivity contribution >= 4 is 23.8 Å². The normalized spacial score (nSPS) is 22.4. The molecule has 0 aromatic rings. The van der Waals surface area contributed by atoms with E-state index >= 15 is 0 Å². The summed E-state index contributed by atoms with van der Waals surface area (Å²) in [6.07, 6.45) is 2.67. The van der Waals surface area contributed by atoms with E-state index in [1.165, 1.54) is 0 Å². The summed E-state index contributed by atoms with van der Waals surface area (Å²) in [7, 11) is 0. The molecule has 1 saturated heterocycles. The Balaban J connectivity index is 2.94. The molecule has 116 valence electrons. The largest absolute Gasteiger partial charge is 0.480 e. The van der Waals surface area contributed by atoms with Crippen molar-refractivity contribution in [3.63, 3.8) is 0 Å². The van der Waals surface area contributed by atoms with E-state index in [9.17, 15) is 14.7 Å². The average molecular weight is 302 g/mol. The molecule has 2 amide bonds. The van der Waals surface area contributed by atoms with Gasteiger partial charge in [0, 0.05) is 18.3 Å². The molecule has 1 N–H and O–H groups in total. The van der Waals surface area contributed by atoms with Crippen LogP contribution in [0, 0.1) is 0 Å². The van der Waals surface area contributed by atoms with Crippen molar-refractivity contribution in [2.24, 2.45) is 0 Å². The van der Waals surface area contributed by atoms with Crippen LogP contribution in [0.25, 0.3) is 0 Å². The van der Waals surface area contributed by atoms with Crippen molar-refractivity contribution in [1.82, 2.24) is 9.80 Å². The zero-order valence-electron chi connectivity index (χ0n) is 12.8. The van der Waals surface area contributed by atoms with Gasteiger partial charge in [0.25, 0.3) is 0 Å². The summed E-state index contributed by atoms with van der Waals surface area (Å²) in [5.74, 6) is -0.409. The van der Waals surface area contributed by atoms with Crippen molar-refractivity contribution < 1.29 is 14.7 Å². The van der Waals surface area contributed by atoms with E-state index in [0.717, 1.165) is 19.3 Å². The molecule has 0 aromatic heterocycles. The van der Waals surface area contributed by atoms with Gasteiger partial charge in [-0.15, -0.1) is 11.8 Å². The summed E-state index contributed by atoms with van der Waals surface area (Å²) in [4.78, 5) is 27.5. The Labute approximate surface area is 125 Å². The third-order valence-electron chi connectivity index (χ3n) is 3.47. The molecule has 0 saturated carbocycles. The summed E-state index contributed by atoms with van der Waals surface area (Å²) in [6.45, 7) is 8.70. The first-order valence-corrected chi connectivity index (χ1v) is 8.42. The summed E-state index contributed by atoms with van der Waals surface area (Å²) in [6, 6.07) is -0.732. The maximum Gasteiger partial charge on any atom is 0.327 e. The van der Waals surface area contributed by atoms with Crippen LogP contribution in [0.4, 0.5) is 4.79 Å². The summed E-state index contributed by atoms with van der Waals surface area (Å²) < 4.78 is 0. The number of urea groups is 1. The highest BCUT2D eigenvalue weighted by Crippen LogP contribution is 2.33. The van der Waals surface area contributed by atoms with E-state index in [4.69, 9.17) is 0 Å². The lowest BCUT2D eigenvalue weighted by Crippen LogP contribution is -2.53. The first-order valence-electron chi connectivity index (χ1n) is 7.37. The molecule has 2 atom stereocenters. The monoisotopic (exact) mass is 302 g/mol. The summed E-state index contributed by atoms with van der Waals surface area (Å²) in [5.41, 5.74) is 0. The van der Waals surface area contributed by atoms with Crippen LogP contribution in [0.3, 0.4) is 0 Å². The first kappa shape index (κ1) is 17.1. The SMILES string of the molecule is CCCC1SCC(C(=O)O)N1C(=O)N(CCC)C(C)C. The van der Waals surface area contributed by atoms with Crippen molar-refractivity contribution in [2.45, 2.75) is 64.4 Å². The van der Waals surface area contributed by atoms with E-state index in [1.54, 1.807) is 21.6 Å². The number of carbonyl (C=O) groups excluding carboxylic acids is 1. The predicted molar refractivity (Wildman–Crippen MR) is 81.9 cm³/mol. The Morgan fingerprint density at radius 2 is 2.00 bits per heavy atom. The van der Waals surface area contributed by atoms with Gasteiger partial charge in [0.1, 0.15) is 6.04 Å². The van der Waals surface area contributed by atoms with Gasteiger partial charge in [-0.05, 0) is 26.7 Å². The molecule has 5 nitrogen and oxygen atoms in total. The summed E-state index contributed by atoms with van der Waals surface area (Å²) >= 11 is 1.58. The number of carboxylic acids is 1. The Hall–Kier alpha value is -0.910. The van der Waals surface area contributed by atoms with E-state index in [2.05, 4.69) is 6.92 Å². The van der Waals surface area contributed by atoms with Crippen molar-refractivity contribution in [1.29, 1.82) is 0 Å². The molecule has 0 spiro atoms. The number of carboxylic acid groups (broad SMARTS) is 1. The maximum absolute atomic E-state index is 12.8. The Morgan fingerprint density at radius 1 is 1.35 bits per heavy atom. The van der Waals surface area contributed by atoms with Crippen LogP contribution >= 0.6 is 11.8 Å². The fourth-order valence-electron chi connectivity index (χ4n) is 2.44. The second-order valence-electron chi connectivity index (χ2n) is 5.41. The van der Waals surface area contributed by atoms with Crippen LogP contribution in [-0.2, 0) is 4.79 Å². The van der Waals surface area contributed by atoms with Gasteiger partial charge in [-0.25, -0.2) is 9.59 Å². The van der Waals surface area contributed by atoms with Gasteiger partial charge >= 0.3 is 12.0 Å². The molecule has 2 unspecified atom stereocenters. The lowest BCUT2D eigenvalue weighted by molar-refractivity contribution is -0.141. The molecule has 1 aliphatic rings. The number of aliphatic carboxylic acids is 1. The molecule has 1 fully saturated rings. The smallest absolute Gasteiger partial charge is 0.327 e. The fourth-order valence-corrected chi connectivity index (χ4v) is 3.95. The van der Waals surface area contributed by atoms with E-state index in [-0.39, 0.29) is 17.4 Å². The lowest BCUT2D eigenvalue weighted by atomic mass is 10.2. The topological polar surface area (TPSA) is 60.9 Å². The Kier molecular flexibility index (Phi) is 6.65. The number of thioether (sulfide) groups is 1. The number of hydrogen-bond acceptors (Lipinski definition) is 3. The van der Waals surface area contributed by atoms with Gasteiger partial charge in [-0.3, -0.25) is 4.90 Å². The van der Waals surface area contributed by atoms with Crippen molar-refractivity contribution in [3.8, 4) is 0 Å². The van der Waals surface area contributed by atoms with E-state index in [1.807, 2.05) is 20.8 Å². The average Bonchev–Trinajstić information content (AvgIpc) is 2.79. The molecular weight excluding hydrogens is 276 g/mol. The summed E-state index contributed by atoms with van der Waals surface area (Å²) in [5, 5.41) is 9.34. The second kappa shape index (κ2) is 7.76. The lowest BCUT2D eigenvalue weighted by Gasteiger charge is -2.35. The minimum Gasteiger partial charge on any atom is -0.480 e. The molecule has 1 rings (SSSR count). The van der Waals surface area contributed by atoms with Crippen molar-refractivity contribution in [3.05, 3.63) is 0 Å². The van der Waals surface area contributed by atoms with Crippen molar-refractivity contribution in [2.75, 3.05) is 12.3 Å². The minimum absolute atomic E-state index is 0.00768. The van der Waals surface area contributed by atoms with Crippen LogP contribution in [-0.4, -0.2) is 56.7 Å². The quantitative estimate of drug-likeness (QED) is 0.819. The van der Waals surface area contributed by atoms with Gasteiger partial charge in [0.15, 0.2) is 0 Å². The van der Waals surface area contributed by atoms with Gasteiger partial charge < -0.3 is 10.0 Å². The molecule has 0 radical (unpaired) electrons. The molecular formula is C14H26N2O3S. The molecule has 6 heteroatoms. The molecule has 0 bridgehead atoms. The molecule has 0 aliphatic carbocycles. The standard InChI is InChI=1S/C14H26N2O3S/c1-5-7-12-16(11(9-20-12)13(17)18)14(19)15(8-6-2)10(3)4/h10-12H,5-9H2,1-4H3,(H,17,18). The molecule has 1 heterocycles. The highest BCUT2D eigenvalue weighted by Gasteiger charge is 2.43. The van der Waals surface area contributed by atoms with Crippen LogP contribution in [0.5, 0.6) is 0 Å². The molecule has 1 aliphatic heterocycles. The first-order chi connectivity index (χ1) is 9.43. The van der Waals surface area contributed by atoms with Gasteiger partial charge in [-0.2, -0.15) is 0 Å². The third-order valence-corrected chi connectivity index (χ3v) is 4.82. The molecule has 20 heavy (non-hydrogen) atoms. The van der Waals surface area contributed by atoms with Crippen LogP contribution in [0.1, 0.15) is 47.0 Å². The van der Waals surface area contributed by atoms with Crippen LogP contribution < -0.4 is 0 Å². The minimum atomic E-state index is -0.898. The number of amides is 2. The Bertz CT molecular complexity index is 349. The fraction of sp³-hybridized carbons (Fsp3) is 0.857. The third kappa shape index (κ3) is 3.81. The zero-order chi connectivity index (χ0) is 15.3. The maximum atomic E-state index is 12.8. The highest BCUT2D eigenvalue weighted by molar-refractivity contribution is 8.00. The Morgan fingerprint density at radius 3 is 2.45 bits per heavy atom. The number of hydrogen-bond donors (Lipinski definition) is 1. The van der Waals surface area contributed by atoms with Crippen LogP contribution in [0.15, 0.2) is 0 Å². The number of carbonyl (C=O) groups is 2. The molecule has 0 aromatic carbocycles. The van der Waals surface area contributed by atoms with Gasteiger partial charge in [-0.1, -0.05) is 20.3 Å².